The van der Waals surface area contributed by atoms with Gasteiger partial charge in [-0.15, -0.1) is 0 Å². The van der Waals surface area contributed by atoms with Gasteiger partial charge >= 0.3 is 0 Å². The van der Waals surface area contributed by atoms with E-state index in [9.17, 15) is 0 Å². The van der Waals surface area contributed by atoms with Crippen LogP contribution in [0.1, 0.15) is 33.3 Å². The second kappa shape index (κ2) is 7.96. The second-order valence-electron chi connectivity index (χ2n) is 5.41. The monoisotopic (exact) mass is 357 g/mol. The van der Waals surface area contributed by atoms with Gasteiger partial charge in [0.05, 0.1) is 0 Å². The van der Waals surface area contributed by atoms with Gasteiger partial charge < -0.3 is 11.1 Å². The molecule has 0 saturated carbocycles. The van der Waals surface area contributed by atoms with Gasteiger partial charge in [0.1, 0.15) is 4.99 Å². The van der Waals surface area contributed by atoms with Crippen LogP contribution in [0, 0.1) is 0 Å². The van der Waals surface area contributed by atoms with Crippen molar-refractivity contribution in [2.45, 2.75) is 39.8 Å². The van der Waals surface area contributed by atoms with E-state index in [1.54, 1.807) is 0 Å². The number of hydrogen-bond donors (Lipinski definition) is 2. The van der Waals surface area contributed by atoms with Crippen molar-refractivity contribution in [3.8, 4) is 0 Å². The molecule has 0 aliphatic heterocycles. The van der Waals surface area contributed by atoms with Crippen molar-refractivity contribution in [2.24, 2.45) is 5.73 Å². The fraction of sp³-hybridized carbons (Fsp3) is 0.533. The Kier molecular flexibility index (Phi) is 6.92. The fourth-order valence-electron chi connectivity index (χ4n) is 2.24. The Bertz CT molecular complexity index is 452. The van der Waals surface area contributed by atoms with Crippen molar-refractivity contribution in [3.63, 3.8) is 0 Å². The molecule has 0 unspecified atom stereocenters. The Morgan fingerprint density at radius 1 is 1.30 bits per heavy atom. The maximum Gasteiger partial charge on any atom is 0.104 e. The highest BCUT2D eigenvalue weighted by molar-refractivity contribution is 9.10. The SMILES string of the molecule is CC(C)N(CCNc1ccc(C(N)=S)cc1Br)C(C)C. The molecule has 0 bridgehead atoms. The number of benzene rings is 1. The van der Waals surface area contributed by atoms with E-state index in [1.165, 1.54) is 0 Å². The third kappa shape index (κ3) is 5.04. The zero-order valence-electron chi connectivity index (χ0n) is 12.6. The van der Waals surface area contributed by atoms with Gasteiger partial charge in [-0.25, -0.2) is 0 Å². The molecule has 0 atom stereocenters. The number of halogens is 1. The smallest absolute Gasteiger partial charge is 0.104 e. The molecular weight excluding hydrogens is 334 g/mol. The minimum atomic E-state index is 0.419. The molecule has 0 fully saturated rings. The van der Waals surface area contributed by atoms with Crippen molar-refractivity contribution < 1.29 is 0 Å². The van der Waals surface area contributed by atoms with E-state index in [1.807, 2.05) is 18.2 Å². The molecule has 0 aromatic heterocycles. The van der Waals surface area contributed by atoms with Gasteiger partial charge in [-0.05, 0) is 61.8 Å². The molecule has 5 heteroatoms. The lowest BCUT2D eigenvalue weighted by Crippen LogP contribution is -2.40. The molecule has 1 rings (SSSR count). The molecule has 0 saturated heterocycles. The molecule has 1 aromatic carbocycles. The predicted molar refractivity (Wildman–Crippen MR) is 95.5 cm³/mol. The van der Waals surface area contributed by atoms with Crippen molar-refractivity contribution >= 4 is 38.8 Å². The van der Waals surface area contributed by atoms with E-state index in [4.69, 9.17) is 18.0 Å². The highest BCUT2D eigenvalue weighted by Gasteiger charge is 2.12. The molecule has 112 valence electrons. The zero-order chi connectivity index (χ0) is 15.3. The first-order valence-electron chi connectivity index (χ1n) is 6.92. The molecule has 0 aliphatic rings. The van der Waals surface area contributed by atoms with E-state index in [-0.39, 0.29) is 0 Å². The van der Waals surface area contributed by atoms with Gasteiger partial charge in [-0.3, -0.25) is 4.90 Å². The molecule has 0 aliphatic carbocycles. The number of nitrogens with two attached hydrogens (primary N) is 1. The summed E-state index contributed by atoms with van der Waals surface area (Å²) in [6.07, 6.45) is 0. The van der Waals surface area contributed by atoms with E-state index < -0.39 is 0 Å². The molecule has 3 nitrogen and oxygen atoms in total. The summed E-state index contributed by atoms with van der Waals surface area (Å²) in [6.45, 7) is 10.8. The minimum Gasteiger partial charge on any atom is -0.389 e. The first-order chi connectivity index (χ1) is 9.32. The number of thiocarbonyl (C=S) groups is 1. The highest BCUT2D eigenvalue weighted by atomic mass is 79.9. The fourth-order valence-corrected chi connectivity index (χ4v) is 2.89. The first kappa shape index (κ1) is 17.4. The molecule has 0 amide bonds. The van der Waals surface area contributed by atoms with Crippen LogP contribution in [0.2, 0.25) is 0 Å². The van der Waals surface area contributed by atoms with Gasteiger partial charge in [0.25, 0.3) is 0 Å². The quantitative estimate of drug-likeness (QED) is 0.731. The summed E-state index contributed by atoms with van der Waals surface area (Å²) in [4.78, 5) is 2.88. The molecule has 0 heterocycles. The molecule has 0 spiro atoms. The molecule has 20 heavy (non-hydrogen) atoms. The van der Waals surface area contributed by atoms with Crippen molar-refractivity contribution in [1.82, 2.24) is 4.90 Å². The van der Waals surface area contributed by atoms with Crippen molar-refractivity contribution in [1.29, 1.82) is 0 Å². The lowest BCUT2D eigenvalue weighted by atomic mass is 10.2. The lowest BCUT2D eigenvalue weighted by Gasteiger charge is -2.30. The standard InChI is InChI=1S/C15H24BrN3S/c1-10(2)19(11(3)4)8-7-18-14-6-5-12(15(17)20)9-13(14)16/h5-6,9-11,18H,7-8H2,1-4H3,(H2,17,20). The summed E-state index contributed by atoms with van der Waals surface area (Å²) in [5, 5.41) is 3.45. The topological polar surface area (TPSA) is 41.3 Å². The summed E-state index contributed by atoms with van der Waals surface area (Å²) in [5.74, 6) is 0. The van der Waals surface area contributed by atoms with Crippen LogP contribution in [0.15, 0.2) is 22.7 Å². The van der Waals surface area contributed by atoms with Gasteiger partial charge in [-0.1, -0.05) is 12.2 Å². The van der Waals surface area contributed by atoms with Crippen LogP contribution < -0.4 is 11.1 Å². The second-order valence-corrected chi connectivity index (χ2v) is 6.71. The predicted octanol–water partition coefficient (Wildman–Crippen LogP) is 3.61. The number of rotatable bonds is 7. The summed E-state index contributed by atoms with van der Waals surface area (Å²) in [7, 11) is 0. The van der Waals surface area contributed by atoms with Gasteiger partial charge in [0.15, 0.2) is 0 Å². The van der Waals surface area contributed by atoms with Crippen LogP contribution in [0.3, 0.4) is 0 Å². The van der Waals surface area contributed by atoms with E-state index in [0.717, 1.165) is 28.8 Å². The van der Waals surface area contributed by atoms with E-state index in [0.29, 0.717) is 17.1 Å². The minimum absolute atomic E-state index is 0.419. The zero-order valence-corrected chi connectivity index (χ0v) is 15.0. The maximum atomic E-state index is 5.62. The van der Waals surface area contributed by atoms with Crippen LogP contribution in [-0.4, -0.2) is 35.1 Å². The number of nitrogens with zero attached hydrogens (tertiary/aromatic N) is 1. The Labute approximate surface area is 136 Å². The average Bonchev–Trinajstić information content (AvgIpc) is 2.34. The molecule has 3 N–H and O–H groups in total. The Balaban J connectivity index is 2.60. The third-order valence-electron chi connectivity index (χ3n) is 3.27. The lowest BCUT2D eigenvalue weighted by molar-refractivity contribution is 0.182. The van der Waals surface area contributed by atoms with Gasteiger partial charge in [-0.2, -0.15) is 0 Å². The summed E-state index contributed by atoms with van der Waals surface area (Å²) < 4.78 is 0.989. The number of nitrogens with one attached hydrogen (secondary N) is 1. The third-order valence-corrected chi connectivity index (χ3v) is 4.16. The highest BCUT2D eigenvalue weighted by Crippen LogP contribution is 2.23. The van der Waals surface area contributed by atoms with Gasteiger partial charge in [0.2, 0.25) is 0 Å². The molecular formula is C15H24BrN3S. The van der Waals surface area contributed by atoms with Crippen LogP contribution >= 0.6 is 28.1 Å². The first-order valence-corrected chi connectivity index (χ1v) is 8.12. The number of hydrogen-bond acceptors (Lipinski definition) is 3. The summed E-state index contributed by atoms with van der Waals surface area (Å²) >= 11 is 8.52. The summed E-state index contributed by atoms with van der Waals surface area (Å²) in [6, 6.07) is 7.01. The maximum absolute atomic E-state index is 5.62. The van der Waals surface area contributed by atoms with Crippen LogP contribution in [0.5, 0.6) is 0 Å². The Morgan fingerprint density at radius 2 is 1.90 bits per heavy atom. The van der Waals surface area contributed by atoms with Crippen LogP contribution in [-0.2, 0) is 0 Å². The van der Waals surface area contributed by atoms with Crippen LogP contribution in [0.25, 0.3) is 0 Å². The largest absolute Gasteiger partial charge is 0.389 e. The molecule has 1 aromatic rings. The van der Waals surface area contributed by atoms with Crippen molar-refractivity contribution in [2.75, 3.05) is 18.4 Å². The van der Waals surface area contributed by atoms with Gasteiger partial charge in [0, 0.05) is 40.9 Å². The van der Waals surface area contributed by atoms with E-state index in [2.05, 4.69) is 53.8 Å². The normalized spacial score (nSPS) is 11.4. The number of anilines is 1. The van der Waals surface area contributed by atoms with Crippen LogP contribution in [0.4, 0.5) is 5.69 Å². The van der Waals surface area contributed by atoms with Crippen molar-refractivity contribution in [3.05, 3.63) is 28.2 Å². The Hall–Kier alpha value is -0.650. The Morgan fingerprint density at radius 3 is 2.35 bits per heavy atom. The summed E-state index contributed by atoms with van der Waals surface area (Å²) in [5.41, 5.74) is 7.57. The van der Waals surface area contributed by atoms with E-state index >= 15 is 0 Å². The molecule has 0 radical (unpaired) electrons. The average molecular weight is 358 g/mol.